The van der Waals surface area contributed by atoms with Crippen LogP contribution < -0.4 is 5.32 Å². The van der Waals surface area contributed by atoms with Crippen LogP contribution in [-0.2, 0) is 4.79 Å². The van der Waals surface area contributed by atoms with Gasteiger partial charge in [-0.15, -0.1) is 0 Å². The summed E-state index contributed by atoms with van der Waals surface area (Å²) in [6.45, 7) is 7.45. The number of amides is 1. The third kappa shape index (κ3) is 5.50. The Morgan fingerprint density at radius 3 is 2.47 bits per heavy atom. The third-order valence-corrected chi connectivity index (χ3v) is 3.06. The van der Waals surface area contributed by atoms with E-state index in [9.17, 15) is 4.79 Å². The van der Waals surface area contributed by atoms with Crippen molar-refractivity contribution >= 4 is 5.91 Å². The SMILES string of the molecule is CC(C)(C)NC(=O)CN(CCCO)C1CCC1. The third-order valence-electron chi connectivity index (χ3n) is 3.06. The quantitative estimate of drug-likeness (QED) is 0.734. The Morgan fingerprint density at radius 2 is 2.06 bits per heavy atom. The Labute approximate surface area is 104 Å². The van der Waals surface area contributed by atoms with Crippen molar-refractivity contribution in [2.24, 2.45) is 0 Å². The first kappa shape index (κ1) is 14.5. The van der Waals surface area contributed by atoms with E-state index >= 15 is 0 Å². The van der Waals surface area contributed by atoms with Gasteiger partial charge in [0, 0.05) is 24.7 Å². The second-order valence-corrected chi connectivity index (χ2v) is 5.93. The zero-order chi connectivity index (χ0) is 12.9. The first-order valence-corrected chi connectivity index (χ1v) is 6.58. The summed E-state index contributed by atoms with van der Waals surface area (Å²) in [6, 6.07) is 0.548. The molecule has 0 spiro atoms. The smallest absolute Gasteiger partial charge is 0.234 e. The van der Waals surface area contributed by atoms with Gasteiger partial charge in [-0.2, -0.15) is 0 Å². The summed E-state index contributed by atoms with van der Waals surface area (Å²) in [7, 11) is 0. The fourth-order valence-electron chi connectivity index (χ4n) is 2.06. The van der Waals surface area contributed by atoms with E-state index in [1.54, 1.807) is 0 Å². The number of nitrogens with one attached hydrogen (secondary N) is 1. The van der Waals surface area contributed by atoms with Gasteiger partial charge >= 0.3 is 0 Å². The number of aliphatic hydroxyl groups excluding tert-OH is 1. The number of hydrogen-bond acceptors (Lipinski definition) is 3. The molecule has 1 aliphatic carbocycles. The van der Waals surface area contributed by atoms with E-state index in [0.29, 0.717) is 12.6 Å². The number of nitrogens with zero attached hydrogens (tertiary/aromatic N) is 1. The summed E-state index contributed by atoms with van der Waals surface area (Å²) in [4.78, 5) is 14.1. The normalized spacial score (nSPS) is 17.0. The zero-order valence-corrected chi connectivity index (χ0v) is 11.3. The molecule has 100 valence electrons. The van der Waals surface area contributed by atoms with Crippen LogP contribution in [-0.4, -0.2) is 47.2 Å². The minimum Gasteiger partial charge on any atom is -0.396 e. The van der Waals surface area contributed by atoms with Gasteiger partial charge in [0.25, 0.3) is 0 Å². The number of rotatable bonds is 6. The van der Waals surface area contributed by atoms with Gasteiger partial charge in [0.1, 0.15) is 0 Å². The summed E-state index contributed by atoms with van der Waals surface area (Å²) in [5.41, 5.74) is -0.167. The monoisotopic (exact) mass is 242 g/mol. The molecule has 1 aliphatic rings. The molecule has 0 aromatic heterocycles. The Kier molecular flexibility index (Phi) is 5.40. The second kappa shape index (κ2) is 6.36. The summed E-state index contributed by atoms with van der Waals surface area (Å²) < 4.78 is 0. The topological polar surface area (TPSA) is 52.6 Å². The van der Waals surface area contributed by atoms with Crippen LogP contribution in [0.15, 0.2) is 0 Å². The van der Waals surface area contributed by atoms with E-state index < -0.39 is 0 Å². The lowest BCUT2D eigenvalue weighted by atomic mass is 9.91. The summed E-state index contributed by atoms with van der Waals surface area (Å²) >= 11 is 0. The van der Waals surface area contributed by atoms with Crippen LogP contribution in [0.5, 0.6) is 0 Å². The molecule has 2 N–H and O–H groups in total. The fourth-order valence-corrected chi connectivity index (χ4v) is 2.06. The number of carbonyl (C=O) groups excluding carboxylic acids is 1. The molecule has 4 heteroatoms. The highest BCUT2D eigenvalue weighted by Crippen LogP contribution is 2.24. The molecule has 4 nitrogen and oxygen atoms in total. The van der Waals surface area contributed by atoms with E-state index in [0.717, 1.165) is 13.0 Å². The maximum absolute atomic E-state index is 11.9. The van der Waals surface area contributed by atoms with Crippen LogP contribution in [0.2, 0.25) is 0 Å². The van der Waals surface area contributed by atoms with Crippen molar-refractivity contribution in [3.63, 3.8) is 0 Å². The molecule has 0 aromatic rings. The largest absolute Gasteiger partial charge is 0.396 e. The predicted molar refractivity (Wildman–Crippen MR) is 68.8 cm³/mol. The zero-order valence-electron chi connectivity index (χ0n) is 11.3. The van der Waals surface area contributed by atoms with Crippen LogP contribution >= 0.6 is 0 Å². The van der Waals surface area contributed by atoms with Gasteiger partial charge in [-0.1, -0.05) is 6.42 Å². The van der Waals surface area contributed by atoms with Gasteiger partial charge in [0.05, 0.1) is 6.54 Å². The first-order chi connectivity index (χ1) is 7.92. The Morgan fingerprint density at radius 1 is 1.41 bits per heavy atom. The molecular formula is C13H26N2O2. The van der Waals surface area contributed by atoms with Crippen LogP contribution in [0.25, 0.3) is 0 Å². The van der Waals surface area contributed by atoms with E-state index in [1.807, 2.05) is 20.8 Å². The van der Waals surface area contributed by atoms with Crippen LogP contribution in [0.1, 0.15) is 46.5 Å². The van der Waals surface area contributed by atoms with Gasteiger partial charge in [-0.05, 0) is 40.0 Å². The predicted octanol–water partition coefficient (Wildman–Crippen LogP) is 1.14. The van der Waals surface area contributed by atoms with Gasteiger partial charge in [0.15, 0.2) is 0 Å². The first-order valence-electron chi connectivity index (χ1n) is 6.58. The van der Waals surface area contributed by atoms with Crippen molar-refractivity contribution in [2.45, 2.75) is 58.0 Å². The van der Waals surface area contributed by atoms with E-state index in [4.69, 9.17) is 5.11 Å². The van der Waals surface area contributed by atoms with Gasteiger partial charge in [-0.25, -0.2) is 0 Å². The molecule has 0 unspecified atom stereocenters. The Balaban J connectivity index is 2.39. The number of hydrogen-bond donors (Lipinski definition) is 2. The van der Waals surface area contributed by atoms with Gasteiger partial charge in [0.2, 0.25) is 5.91 Å². The second-order valence-electron chi connectivity index (χ2n) is 5.93. The van der Waals surface area contributed by atoms with E-state index in [1.165, 1.54) is 19.3 Å². The molecular weight excluding hydrogens is 216 g/mol. The van der Waals surface area contributed by atoms with Gasteiger partial charge < -0.3 is 10.4 Å². The number of carbonyl (C=O) groups is 1. The van der Waals surface area contributed by atoms with Crippen molar-refractivity contribution < 1.29 is 9.90 Å². The van der Waals surface area contributed by atoms with Crippen LogP contribution in [0, 0.1) is 0 Å². The fraction of sp³-hybridized carbons (Fsp3) is 0.923. The molecule has 1 saturated carbocycles. The molecule has 1 rings (SSSR count). The average Bonchev–Trinajstić information content (AvgIpc) is 2.07. The standard InChI is InChI=1S/C13H26N2O2/c1-13(2,3)14-12(17)10-15(8-5-9-16)11-6-4-7-11/h11,16H,4-10H2,1-3H3,(H,14,17). The summed E-state index contributed by atoms with van der Waals surface area (Å²) in [6.07, 6.45) is 4.39. The van der Waals surface area contributed by atoms with Crippen molar-refractivity contribution in [1.29, 1.82) is 0 Å². The Bertz CT molecular complexity index is 244. The summed E-state index contributed by atoms with van der Waals surface area (Å²) in [5, 5.41) is 11.9. The molecule has 1 amide bonds. The molecule has 0 aromatic carbocycles. The average molecular weight is 242 g/mol. The minimum absolute atomic E-state index is 0.0855. The van der Waals surface area contributed by atoms with Crippen molar-refractivity contribution in [1.82, 2.24) is 10.2 Å². The molecule has 0 heterocycles. The lowest BCUT2D eigenvalue weighted by Gasteiger charge is -2.37. The molecule has 0 radical (unpaired) electrons. The lowest BCUT2D eigenvalue weighted by Crippen LogP contribution is -2.50. The number of aliphatic hydroxyl groups is 1. The molecule has 1 fully saturated rings. The molecule has 17 heavy (non-hydrogen) atoms. The molecule has 0 aliphatic heterocycles. The van der Waals surface area contributed by atoms with E-state index in [-0.39, 0.29) is 18.1 Å². The van der Waals surface area contributed by atoms with Gasteiger partial charge in [-0.3, -0.25) is 9.69 Å². The van der Waals surface area contributed by atoms with Crippen molar-refractivity contribution in [2.75, 3.05) is 19.7 Å². The highest BCUT2D eigenvalue weighted by atomic mass is 16.3. The molecule has 0 bridgehead atoms. The Hall–Kier alpha value is -0.610. The lowest BCUT2D eigenvalue weighted by molar-refractivity contribution is -0.124. The molecule has 0 atom stereocenters. The maximum Gasteiger partial charge on any atom is 0.234 e. The minimum atomic E-state index is -0.167. The summed E-state index contributed by atoms with van der Waals surface area (Å²) in [5.74, 6) is 0.0855. The van der Waals surface area contributed by atoms with E-state index in [2.05, 4.69) is 10.2 Å². The highest BCUT2D eigenvalue weighted by molar-refractivity contribution is 5.78. The van der Waals surface area contributed by atoms with Crippen LogP contribution in [0.3, 0.4) is 0 Å². The highest BCUT2D eigenvalue weighted by Gasteiger charge is 2.26. The van der Waals surface area contributed by atoms with Crippen LogP contribution in [0.4, 0.5) is 0 Å². The molecule has 0 saturated heterocycles. The van der Waals surface area contributed by atoms with Crippen molar-refractivity contribution in [3.05, 3.63) is 0 Å². The van der Waals surface area contributed by atoms with Crippen molar-refractivity contribution in [3.8, 4) is 0 Å². The maximum atomic E-state index is 11.9.